The summed E-state index contributed by atoms with van der Waals surface area (Å²) in [6, 6.07) is 25.3. The van der Waals surface area contributed by atoms with Crippen LogP contribution in [0, 0.1) is 3.57 Å². The van der Waals surface area contributed by atoms with E-state index in [0.29, 0.717) is 23.7 Å². The summed E-state index contributed by atoms with van der Waals surface area (Å²) in [5, 5.41) is 6.40. The standard InChI is InChI=1S/C26H20BrIN2O3/c1-32-24-14-17(15-29-30-26(31)19-9-11-21(28)12-10-19)13-23(27)25(24)33-16-20-7-4-6-18-5-2-3-8-22(18)20/h2-15H,16H2,1H3,(H,30,31)/b29-15-. The molecule has 0 aliphatic heterocycles. The second-order valence-electron chi connectivity index (χ2n) is 7.17. The van der Waals surface area contributed by atoms with Crippen molar-refractivity contribution in [3.8, 4) is 11.5 Å². The van der Waals surface area contributed by atoms with Crippen molar-refractivity contribution < 1.29 is 14.3 Å². The van der Waals surface area contributed by atoms with Crippen molar-refractivity contribution in [1.82, 2.24) is 5.43 Å². The second-order valence-corrected chi connectivity index (χ2v) is 9.27. The van der Waals surface area contributed by atoms with Crippen LogP contribution < -0.4 is 14.9 Å². The largest absolute Gasteiger partial charge is 0.493 e. The maximum atomic E-state index is 12.2. The van der Waals surface area contributed by atoms with Crippen molar-refractivity contribution in [2.45, 2.75) is 6.61 Å². The molecule has 0 aliphatic carbocycles. The Labute approximate surface area is 214 Å². The molecule has 1 N–H and O–H groups in total. The van der Waals surface area contributed by atoms with Gasteiger partial charge in [0.2, 0.25) is 0 Å². The molecule has 7 heteroatoms. The van der Waals surface area contributed by atoms with Gasteiger partial charge in [0.25, 0.3) is 5.91 Å². The van der Waals surface area contributed by atoms with E-state index >= 15 is 0 Å². The first-order chi connectivity index (χ1) is 16.0. The number of benzene rings is 4. The van der Waals surface area contributed by atoms with Gasteiger partial charge in [-0.2, -0.15) is 5.10 Å². The van der Waals surface area contributed by atoms with Gasteiger partial charge in [0.05, 0.1) is 17.8 Å². The normalized spacial score (nSPS) is 11.0. The molecule has 0 aromatic heterocycles. The lowest BCUT2D eigenvalue weighted by Crippen LogP contribution is -2.17. The third-order valence-corrected chi connectivity index (χ3v) is 6.30. The molecule has 166 valence electrons. The van der Waals surface area contributed by atoms with Crippen LogP contribution in [0.1, 0.15) is 21.5 Å². The molecular weight excluding hydrogens is 595 g/mol. The summed E-state index contributed by atoms with van der Waals surface area (Å²) in [4.78, 5) is 12.2. The predicted molar refractivity (Wildman–Crippen MR) is 143 cm³/mol. The Balaban J connectivity index is 1.47. The first-order valence-corrected chi connectivity index (χ1v) is 12.0. The van der Waals surface area contributed by atoms with Gasteiger partial charge in [0.1, 0.15) is 6.61 Å². The zero-order valence-corrected chi connectivity index (χ0v) is 21.5. The minimum absolute atomic E-state index is 0.274. The fraction of sp³-hybridized carbons (Fsp3) is 0.0769. The van der Waals surface area contributed by atoms with Crippen molar-refractivity contribution in [2.75, 3.05) is 7.11 Å². The Morgan fingerprint density at radius 3 is 2.61 bits per heavy atom. The molecule has 4 rings (SSSR count). The molecule has 0 aliphatic rings. The average molecular weight is 615 g/mol. The van der Waals surface area contributed by atoms with Gasteiger partial charge >= 0.3 is 0 Å². The summed E-state index contributed by atoms with van der Waals surface area (Å²) in [5.41, 5.74) is 4.93. The van der Waals surface area contributed by atoms with Crippen molar-refractivity contribution >= 4 is 61.4 Å². The topological polar surface area (TPSA) is 59.9 Å². The summed E-state index contributed by atoms with van der Waals surface area (Å²) in [6.07, 6.45) is 1.56. The Morgan fingerprint density at radius 1 is 1.06 bits per heavy atom. The minimum atomic E-state index is -0.274. The minimum Gasteiger partial charge on any atom is -0.493 e. The number of hydrazone groups is 1. The zero-order valence-electron chi connectivity index (χ0n) is 17.7. The van der Waals surface area contributed by atoms with E-state index in [0.717, 1.165) is 24.6 Å². The van der Waals surface area contributed by atoms with E-state index in [1.807, 2.05) is 42.5 Å². The Kier molecular flexibility index (Phi) is 7.61. The predicted octanol–water partition coefficient (Wildman–Crippen LogP) is 6.56. The van der Waals surface area contributed by atoms with Crippen molar-refractivity contribution in [3.63, 3.8) is 0 Å². The first-order valence-electron chi connectivity index (χ1n) is 10.1. The maximum Gasteiger partial charge on any atom is 0.271 e. The molecular formula is C26H20BrIN2O3. The van der Waals surface area contributed by atoms with Gasteiger partial charge < -0.3 is 9.47 Å². The lowest BCUT2D eigenvalue weighted by molar-refractivity contribution is 0.0955. The fourth-order valence-electron chi connectivity index (χ4n) is 3.35. The average Bonchev–Trinajstić information content (AvgIpc) is 2.83. The van der Waals surface area contributed by atoms with Crippen LogP contribution in [-0.2, 0) is 6.61 Å². The van der Waals surface area contributed by atoms with Crippen LogP contribution in [0.2, 0.25) is 0 Å². The third-order valence-electron chi connectivity index (χ3n) is 4.99. The summed E-state index contributed by atoms with van der Waals surface area (Å²) in [6.45, 7) is 0.399. The molecule has 0 unspecified atom stereocenters. The van der Waals surface area contributed by atoms with Gasteiger partial charge in [-0.15, -0.1) is 0 Å². The van der Waals surface area contributed by atoms with Crippen LogP contribution >= 0.6 is 38.5 Å². The highest BCUT2D eigenvalue weighted by atomic mass is 127. The third kappa shape index (κ3) is 5.72. The lowest BCUT2D eigenvalue weighted by Gasteiger charge is -2.14. The number of ether oxygens (including phenoxy) is 2. The fourth-order valence-corrected chi connectivity index (χ4v) is 4.29. The van der Waals surface area contributed by atoms with Crippen LogP contribution in [0.3, 0.4) is 0 Å². The molecule has 0 spiro atoms. The van der Waals surface area contributed by atoms with Crippen LogP contribution in [-0.4, -0.2) is 19.2 Å². The molecule has 5 nitrogen and oxygen atoms in total. The molecule has 0 fully saturated rings. The highest BCUT2D eigenvalue weighted by molar-refractivity contribution is 14.1. The van der Waals surface area contributed by atoms with Gasteiger partial charge in [-0.25, -0.2) is 5.43 Å². The highest BCUT2D eigenvalue weighted by Crippen LogP contribution is 2.37. The first kappa shape index (κ1) is 23.3. The second kappa shape index (κ2) is 10.8. The zero-order chi connectivity index (χ0) is 23.2. The summed E-state index contributed by atoms with van der Waals surface area (Å²) in [7, 11) is 1.59. The number of carbonyl (C=O) groups is 1. The summed E-state index contributed by atoms with van der Waals surface area (Å²) >= 11 is 5.76. The number of methoxy groups -OCH3 is 1. The Hall–Kier alpha value is -2.91. The summed E-state index contributed by atoms with van der Waals surface area (Å²) in [5.74, 6) is 0.893. The number of hydrogen-bond acceptors (Lipinski definition) is 4. The van der Waals surface area contributed by atoms with E-state index in [-0.39, 0.29) is 5.91 Å². The Bertz CT molecular complexity index is 1320. The molecule has 4 aromatic rings. The number of amides is 1. The number of hydrogen-bond donors (Lipinski definition) is 1. The SMILES string of the molecule is COc1cc(/C=N\NC(=O)c2ccc(I)cc2)cc(Br)c1OCc1cccc2ccccc12. The quantitative estimate of drug-likeness (QED) is 0.146. The monoisotopic (exact) mass is 614 g/mol. The van der Waals surface area contributed by atoms with Crippen molar-refractivity contribution in [1.29, 1.82) is 0 Å². The summed E-state index contributed by atoms with van der Waals surface area (Å²) < 4.78 is 13.5. The number of nitrogens with one attached hydrogen (secondary N) is 1. The molecule has 0 saturated heterocycles. The molecule has 0 saturated carbocycles. The van der Waals surface area contributed by atoms with Crippen molar-refractivity contribution in [2.24, 2.45) is 5.10 Å². The van der Waals surface area contributed by atoms with E-state index in [1.165, 1.54) is 5.39 Å². The maximum absolute atomic E-state index is 12.2. The van der Waals surface area contributed by atoms with Gasteiger partial charge in [0.15, 0.2) is 11.5 Å². The van der Waals surface area contributed by atoms with E-state index in [1.54, 1.807) is 25.5 Å². The van der Waals surface area contributed by atoms with Gasteiger partial charge in [-0.3, -0.25) is 4.79 Å². The van der Waals surface area contributed by atoms with Crippen LogP contribution in [0.5, 0.6) is 11.5 Å². The van der Waals surface area contributed by atoms with Gasteiger partial charge in [-0.05, 0) is 96.8 Å². The van der Waals surface area contributed by atoms with E-state index in [4.69, 9.17) is 9.47 Å². The molecule has 1 amide bonds. The van der Waals surface area contributed by atoms with E-state index < -0.39 is 0 Å². The molecule has 33 heavy (non-hydrogen) atoms. The lowest BCUT2D eigenvalue weighted by atomic mass is 10.1. The van der Waals surface area contributed by atoms with Crippen molar-refractivity contribution in [3.05, 3.63) is 104 Å². The van der Waals surface area contributed by atoms with Gasteiger partial charge in [-0.1, -0.05) is 42.5 Å². The number of carbonyl (C=O) groups excluding carboxylic acids is 1. The van der Waals surface area contributed by atoms with E-state index in [2.05, 4.69) is 73.3 Å². The molecule has 0 heterocycles. The smallest absolute Gasteiger partial charge is 0.271 e. The highest BCUT2D eigenvalue weighted by Gasteiger charge is 2.12. The number of rotatable bonds is 7. The molecule has 4 aromatic carbocycles. The number of fused-ring (bicyclic) bond motifs is 1. The van der Waals surface area contributed by atoms with Crippen LogP contribution in [0.25, 0.3) is 10.8 Å². The van der Waals surface area contributed by atoms with Crippen LogP contribution in [0.4, 0.5) is 0 Å². The number of nitrogens with zero attached hydrogens (tertiary/aromatic N) is 1. The molecule has 0 radical (unpaired) electrons. The Morgan fingerprint density at radius 2 is 1.82 bits per heavy atom. The molecule has 0 atom stereocenters. The molecule has 0 bridgehead atoms. The van der Waals surface area contributed by atoms with Crippen LogP contribution in [0.15, 0.2) is 88.4 Å². The number of halogens is 2. The van der Waals surface area contributed by atoms with E-state index in [9.17, 15) is 4.79 Å². The van der Waals surface area contributed by atoms with Gasteiger partial charge in [0, 0.05) is 9.13 Å².